The van der Waals surface area contributed by atoms with Crippen LogP contribution in [0.2, 0.25) is 0 Å². The molecule has 0 unspecified atom stereocenters. The fraction of sp³-hybridized carbons (Fsp3) is 0.267. The molecule has 1 aromatic heterocycles. The Kier molecular flexibility index (Phi) is 4.36. The number of furan rings is 1. The third-order valence-electron chi connectivity index (χ3n) is 3.05. The van der Waals surface area contributed by atoms with Gasteiger partial charge in [0.15, 0.2) is 0 Å². The van der Waals surface area contributed by atoms with Gasteiger partial charge in [0.1, 0.15) is 5.76 Å². The Morgan fingerprint density at radius 1 is 1.21 bits per heavy atom. The number of aromatic carboxylic acids is 1. The van der Waals surface area contributed by atoms with Crippen LogP contribution in [0.1, 0.15) is 28.6 Å². The molecule has 100 valence electrons. The van der Waals surface area contributed by atoms with Crippen molar-refractivity contribution in [1.29, 1.82) is 0 Å². The van der Waals surface area contributed by atoms with E-state index in [-0.39, 0.29) is 0 Å². The van der Waals surface area contributed by atoms with Crippen LogP contribution in [0.5, 0.6) is 0 Å². The Morgan fingerprint density at radius 2 is 2.00 bits per heavy atom. The quantitative estimate of drug-likeness (QED) is 0.866. The minimum atomic E-state index is -0.885. The monoisotopic (exact) mass is 259 g/mol. The summed E-state index contributed by atoms with van der Waals surface area (Å²) in [5.41, 5.74) is 1.18. The van der Waals surface area contributed by atoms with Crippen LogP contribution in [0.4, 0.5) is 0 Å². The lowest BCUT2D eigenvalue weighted by molar-refractivity contribution is 0.0694. The first-order valence-corrected chi connectivity index (χ1v) is 6.26. The molecule has 4 heteroatoms. The fourth-order valence-electron chi connectivity index (χ4n) is 2.01. The molecule has 0 bridgehead atoms. The zero-order valence-electron chi connectivity index (χ0n) is 10.9. The highest BCUT2D eigenvalue weighted by molar-refractivity contribution is 5.89. The van der Waals surface area contributed by atoms with Crippen molar-refractivity contribution in [1.82, 2.24) is 4.90 Å². The lowest BCUT2D eigenvalue weighted by Crippen LogP contribution is -2.23. The van der Waals surface area contributed by atoms with E-state index in [1.54, 1.807) is 18.4 Å². The smallest absolute Gasteiger partial charge is 0.336 e. The molecule has 0 fully saturated rings. The van der Waals surface area contributed by atoms with Gasteiger partial charge in [-0.3, -0.25) is 4.90 Å². The van der Waals surface area contributed by atoms with E-state index in [0.717, 1.165) is 17.9 Å². The van der Waals surface area contributed by atoms with E-state index in [0.29, 0.717) is 18.7 Å². The van der Waals surface area contributed by atoms with Gasteiger partial charge in [-0.1, -0.05) is 25.1 Å². The highest BCUT2D eigenvalue weighted by atomic mass is 16.4. The first-order chi connectivity index (χ1) is 9.20. The van der Waals surface area contributed by atoms with Gasteiger partial charge in [-0.25, -0.2) is 4.79 Å². The third-order valence-corrected chi connectivity index (χ3v) is 3.05. The zero-order chi connectivity index (χ0) is 13.7. The lowest BCUT2D eigenvalue weighted by Gasteiger charge is -2.20. The van der Waals surface area contributed by atoms with Crippen molar-refractivity contribution in [3.63, 3.8) is 0 Å². The molecule has 4 nitrogen and oxygen atoms in total. The van der Waals surface area contributed by atoms with Crippen LogP contribution in [0.25, 0.3) is 0 Å². The normalized spacial score (nSPS) is 10.8. The molecule has 0 aliphatic rings. The van der Waals surface area contributed by atoms with Crippen molar-refractivity contribution in [3.05, 3.63) is 59.5 Å². The Labute approximate surface area is 112 Å². The fourth-order valence-corrected chi connectivity index (χ4v) is 2.01. The molecule has 0 radical (unpaired) electrons. The molecule has 0 spiro atoms. The topological polar surface area (TPSA) is 53.7 Å². The molecule has 0 amide bonds. The van der Waals surface area contributed by atoms with Crippen molar-refractivity contribution in [2.75, 3.05) is 6.54 Å². The van der Waals surface area contributed by atoms with Crippen LogP contribution in [-0.2, 0) is 13.1 Å². The summed E-state index contributed by atoms with van der Waals surface area (Å²) in [5.74, 6) is -0.000641. The van der Waals surface area contributed by atoms with Gasteiger partial charge in [-0.05, 0) is 30.3 Å². The van der Waals surface area contributed by atoms with Gasteiger partial charge < -0.3 is 9.52 Å². The minimum Gasteiger partial charge on any atom is -0.478 e. The number of carbonyl (C=O) groups is 1. The molecule has 0 aliphatic carbocycles. The minimum absolute atomic E-state index is 0.361. The largest absolute Gasteiger partial charge is 0.478 e. The summed E-state index contributed by atoms with van der Waals surface area (Å²) >= 11 is 0. The van der Waals surface area contributed by atoms with Gasteiger partial charge in [0.2, 0.25) is 0 Å². The Balaban J connectivity index is 2.12. The van der Waals surface area contributed by atoms with Gasteiger partial charge in [0, 0.05) is 6.54 Å². The van der Waals surface area contributed by atoms with E-state index in [1.807, 2.05) is 31.2 Å². The second kappa shape index (κ2) is 6.20. The summed E-state index contributed by atoms with van der Waals surface area (Å²) in [4.78, 5) is 13.3. The molecule has 1 N–H and O–H groups in total. The molecular formula is C15H17NO3. The second-order valence-corrected chi connectivity index (χ2v) is 4.34. The maximum atomic E-state index is 11.2. The van der Waals surface area contributed by atoms with Crippen molar-refractivity contribution >= 4 is 5.97 Å². The van der Waals surface area contributed by atoms with Gasteiger partial charge in [-0.15, -0.1) is 0 Å². The van der Waals surface area contributed by atoms with Crippen molar-refractivity contribution in [2.45, 2.75) is 20.0 Å². The Morgan fingerprint density at radius 3 is 2.63 bits per heavy atom. The average Bonchev–Trinajstić information content (AvgIpc) is 2.91. The molecule has 0 saturated heterocycles. The molecule has 0 atom stereocenters. The predicted molar refractivity (Wildman–Crippen MR) is 71.9 cm³/mol. The summed E-state index contributed by atoms with van der Waals surface area (Å²) in [5, 5.41) is 9.17. The van der Waals surface area contributed by atoms with E-state index < -0.39 is 5.97 Å². The van der Waals surface area contributed by atoms with E-state index in [9.17, 15) is 9.90 Å². The number of carboxylic acids is 1. The molecule has 2 aromatic rings. The number of benzene rings is 1. The van der Waals surface area contributed by atoms with Crippen molar-refractivity contribution in [3.8, 4) is 0 Å². The molecule has 2 rings (SSSR count). The molecular weight excluding hydrogens is 242 g/mol. The molecule has 1 heterocycles. The van der Waals surface area contributed by atoms with Gasteiger partial charge in [0.05, 0.1) is 18.4 Å². The van der Waals surface area contributed by atoms with Crippen LogP contribution in [0.3, 0.4) is 0 Å². The lowest BCUT2D eigenvalue weighted by atomic mass is 10.1. The van der Waals surface area contributed by atoms with Crippen LogP contribution in [0, 0.1) is 0 Å². The van der Waals surface area contributed by atoms with Crippen LogP contribution in [-0.4, -0.2) is 22.5 Å². The van der Waals surface area contributed by atoms with Crippen LogP contribution in [0.15, 0.2) is 47.1 Å². The van der Waals surface area contributed by atoms with E-state index in [1.165, 1.54) is 0 Å². The first-order valence-electron chi connectivity index (χ1n) is 6.26. The number of nitrogens with zero attached hydrogens (tertiary/aromatic N) is 1. The number of hydrogen-bond acceptors (Lipinski definition) is 3. The summed E-state index contributed by atoms with van der Waals surface area (Å²) in [7, 11) is 0. The van der Waals surface area contributed by atoms with Crippen LogP contribution < -0.4 is 0 Å². The summed E-state index contributed by atoms with van der Waals surface area (Å²) in [6.07, 6.45) is 1.65. The second-order valence-electron chi connectivity index (χ2n) is 4.34. The van der Waals surface area contributed by atoms with E-state index >= 15 is 0 Å². The molecule has 1 aromatic carbocycles. The molecule has 0 saturated carbocycles. The number of hydrogen-bond donors (Lipinski definition) is 1. The number of rotatable bonds is 6. The Hall–Kier alpha value is -2.07. The third kappa shape index (κ3) is 3.45. The van der Waals surface area contributed by atoms with Gasteiger partial charge >= 0.3 is 5.97 Å². The van der Waals surface area contributed by atoms with Gasteiger partial charge in [-0.2, -0.15) is 0 Å². The maximum absolute atomic E-state index is 11.2. The van der Waals surface area contributed by atoms with Crippen molar-refractivity contribution in [2.24, 2.45) is 0 Å². The summed E-state index contributed by atoms with van der Waals surface area (Å²) in [6.45, 7) is 4.15. The number of carboxylic acid groups (broad SMARTS) is 1. The zero-order valence-corrected chi connectivity index (χ0v) is 10.9. The highest BCUT2D eigenvalue weighted by Gasteiger charge is 2.13. The van der Waals surface area contributed by atoms with E-state index in [2.05, 4.69) is 4.90 Å². The molecule has 0 aliphatic heterocycles. The van der Waals surface area contributed by atoms with Crippen LogP contribution >= 0.6 is 0 Å². The predicted octanol–water partition coefficient (Wildman–Crippen LogP) is 3.00. The maximum Gasteiger partial charge on any atom is 0.336 e. The summed E-state index contributed by atoms with van der Waals surface area (Å²) < 4.78 is 5.32. The first kappa shape index (κ1) is 13.4. The SMILES string of the molecule is CCN(Cc1ccco1)Cc1ccccc1C(=O)O. The average molecular weight is 259 g/mol. The highest BCUT2D eigenvalue weighted by Crippen LogP contribution is 2.14. The standard InChI is InChI=1S/C15H17NO3/c1-2-16(11-13-7-5-9-19-13)10-12-6-3-4-8-14(12)15(17)18/h3-9H,2,10-11H2,1H3,(H,17,18). The summed E-state index contributed by atoms with van der Waals surface area (Å²) in [6, 6.07) is 10.9. The molecule has 19 heavy (non-hydrogen) atoms. The Bertz CT molecular complexity index is 534. The van der Waals surface area contributed by atoms with E-state index in [4.69, 9.17) is 4.42 Å². The van der Waals surface area contributed by atoms with Crippen molar-refractivity contribution < 1.29 is 14.3 Å². The van der Waals surface area contributed by atoms with Gasteiger partial charge in [0.25, 0.3) is 0 Å².